The summed E-state index contributed by atoms with van der Waals surface area (Å²) in [5, 5.41) is 14.8. The molecule has 0 aromatic heterocycles. The van der Waals surface area contributed by atoms with Crippen molar-refractivity contribution in [2.45, 2.75) is 38.1 Å². The van der Waals surface area contributed by atoms with Crippen molar-refractivity contribution in [2.75, 3.05) is 33.8 Å². The zero-order valence-corrected chi connectivity index (χ0v) is 20.6. The van der Waals surface area contributed by atoms with Crippen LogP contribution in [0.5, 0.6) is 0 Å². The number of nitrogens with zero attached hydrogens (tertiary/aromatic N) is 1. The van der Waals surface area contributed by atoms with E-state index in [1.54, 1.807) is 0 Å². The SMILES string of the molecule is CCCC(CNC(=O)OCC1c2ccccc2-c2ccccc21)C(=O)NC(CCN(C)C)C(=O)O. The zero-order valence-electron chi connectivity index (χ0n) is 20.6. The molecule has 0 radical (unpaired) electrons. The molecule has 8 heteroatoms. The number of benzene rings is 2. The standard InChI is InChI=1S/C27H35N3O5/c1-4-9-18(25(31)29-24(26(32)33)14-15-30(2)3)16-28-27(34)35-17-23-21-12-7-5-10-19(21)20-11-6-8-13-22(20)23/h5-8,10-13,18,23-24H,4,9,14-17H2,1-3H3,(H,28,34)(H,29,31)(H,32,33). The van der Waals surface area contributed by atoms with Crippen molar-refractivity contribution in [1.29, 1.82) is 0 Å². The second-order valence-corrected chi connectivity index (χ2v) is 9.18. The van der Waals surface area contributed by atoms with Crippen LogP contribution in [0.1, 0.15) is 43.2 Å². The molecule has 0 bridgehead atoms. The highest BCUT2D eigenvalue weighted by molar-refractivity contribution is 5.85. The van der Waals surface area contributed by atoms with Crippen molar-refractivity contribution < 1.29 is 24.2 Å². The molecule has 2 atom stereocenters. The molecule has 3 N–H and O–H groups in total. The molecule has 2 aromatic rings. The molecule has 35 heavy (non-hydrogen) atoms. The number of hydrogen-bond donors (Lipinski definition) is 3. The monoisotopic (exact) mass is 481 g/mol. The second kappa shape index (κ2) is 12.4. The van der Waals surface area contributed by atoms with Crippen LogP contribution in [0.2, 0.25) is 0 Å². The number of rotatable bonds is 12. The average Bonchev–Trinajstić information content (AvgIpc) is 3.16. The Kier molecular flexibility index (Phi) is 9.25. The molecular weight excluding hydrogens is 446 g/mol. The molecule has 2 amide bonds. The summed E-state index contributed by atoms with van der Waals surface area (Å²) in [7, 11) is 3.69. The van der Waals surface area contributed by atoms with Gasteiger partial charge in [-0.3, -0.25) is 4.79 Å². The number of carboxylic acids is 1. The highest BCUT2D eigenvalue weighted by Crippen LogP contribution is 2.44. The molecule has 8 nitrogen and oxygen atoms in total. The first-order chi connectivity index (χ1) is 16.8. The highest BCUT2D eigenvalue weighted by Gasteiger charge is 2.29. The molecule has 0 heterocycles. The summed E-state index contributed by atoms with van der Waals surface area (Å²) in [6.45, 7) is 2.74. The summed E-state index contributed by atoms with van der Waals surface area (Å²) in [5.74, 6) is -2.03. The van der Waals surface area contributed by atoms with Gasteiger partial charge in [-0.2, -0.15) is 0 Å². The van der Waals surface area contributed by atoms with Gasteiger partial charge in [-0.05, 0) is 49.2 Å². The van der Waals surface area contributed by atoms with Crippen LogP contribution in [0.25, 0.3) is 11.1 Å². The minimum Gasteiger partial charge on any atom is -0.480 e. The molecule has 0 spiro atoms. The number of carbonyl (C=O) groups excluding carboxylic acids is 2. The van der Waals surface area contributed by atoms with Gasteiger partial charge in [0, 0.05) is 19.0 Å². The van der Waals surface area contributed by atoms with Crippen molar-refractivity contribution in [2.24, 2.45) is 5.92 Å². The van der Waals surface area contributed by atoms with Crippen molar-refractivity contribution in [3.05, 3.63) is 59.7 Å². The molecule has 2 unspecified atom stereocenters. The van der Waals surface area contributed by atoms with Crippen molar-refractivity contribution in [3.8, 4) is 11.1 Å². The maximum absolute atomic E-state index is 12.8. The van der Waals surface area contributed by atoms with E-state index in [1.165, 1.54) is 0 Å². The summed E-state index contributed by atoms with van der Waals surface area (Å²) in [6.07, 6.45) is 0.949. The smallest absolute Gasteiger partial charge is 0.407 e. The molecule has 0 saturated carbocycles. The Morgan fingerprint density at radius 1 is 1.00 bits per heavy atom. The Hall–Kier alpha value is -3.39. The molecule has 188 valence electrons. The van der Waals surface area contributed by atoms with Crippen LogP contribution in [0.15, 0.2) is 48.5 Å². The van der Waals surface area contributed by atoms with Gasteiger partial charge >= 0.3 is 12.1 Å². The van der Waals surface area contributed by atoms with E-state index in [-0.39, 0.29) is 25.0 Å². The first-order valence-corrected chi connectivity index (χ1v) is 12.1. The first-order valence-electron chi connectivity index (χ1n) is 12.1. The normalized spacial score (nSPS) is 14.1. The zero-order chi connectivity index (χ0) is 25.4. The van der Waals surface area contributed by atoms with Crippen LogP contribution in [-0.2, 0) is 14.3 Å². The number of nitrogens with one attached hydrogen (secondary N) is 2. The predicted molar refractivity (Wildman–Crippen MR) is 134 cm³/mol. The molecule has 1 aliphatic carbocycles. The van der Waals surface area contributed by atoms with E-state index in [9.17, 15) is 19.5 Å². The van der Waals surface area contributed by atoms with Crippen LogP contribution in [0.4, 0.5) is 4.79 Å². The average molecular weight is 482 g/mol. The van der Waals surface area contributed by atoms with Gasteiger partial charge in [-0.15, -0.1) is 0 Å². The van der Waals surface area contributed by atoms with E-state index < -0.39 is 24.0 Å². The van der Waals surface area contributed by atoms with Gasteiger partial charge in [0.2, 0.25) is 5.91 Å². The number of ether oxygens (including phenoxy) is 1. The maximum atomic E-state index is 12.8. The topological polar surface area (TPSA) is 108 Å². The Morgan fingerprint density at radius 2 is 1.60 bits per heavy atom. The molecular formula is C27H35N3O5. The van der Waals surface area contributed by atoms with Gasteiger partial charge in [0.1, 0.15) is 12.6 Å². The molecule has 3 rings (SSSR count). The number of fused-ring (bicyclic) bond motifs is 3. The lowest BCUT2D eigenvalue weighted by Gasteiger charge is -2.21. The van der Waals surface area contributed by atoms with Crippen LogP contribution >= 0.6 is 0 Å². The number of aliphatic carboxylic acids is 1. The summed E-state index contributed by atoms with van der Waals surface area (Å²) >= 11 is 0. The maximum Gasteiger partial charge on any atom is 0.407 e. The fraction of sp³-hybridized carbons (Fsp3) is 0.444. The molecule has 0 fully saturated rings. The molecule has 0 aliphatic heterocycles. The first kappa shape index (κ1) is 26.2. The second-order valence-electron chi connectivity index (χ2n) is 9.18. The Balaban J connectivity index is 1.55. The number of hydrogen-bond acceptors (Lipinski definition) is 5. The number of carboxylic acid groups (broad SMARTS) is 1. The quantitative estimate of drug-likeness (QED) is 0.429. The van der Waals surface area contributed by atoms with Gasteiger partial charge < -0.3 is 25.4 Å². The Morgan fingerprint density at radius 3 is 2.14 bits per heavy atom. The summed E-state index contributed by atoms with van der Waals surface area (Å²) in [6, 6.07) is 15.2. The van der Waals surface area contributed by atoms with Crippen LogP contribution < -0.4 is 10.6 Å². The van der Waals surface area contributed by atoms with Crippen LogP contribution in [0, 0.1) is 5.92 Å². The van der Waals surface area contributed by atoms with E-state index in [4.69, 9.17) is 4.74 Å². The highest BCUT2D eigenvalue weighted by atomic mass is 16.5. The molecule has 0 saturated heterocycles. The minimum absolute atomic E-state index is 0.0455. The number of amides is 2. The van der Waals surface area contributed by atoms with Crippen LogP contribution in [-0.4, -0.2) is 67.8 Å². The lowest BCUT2D eigenvalue weighted by molar-refractivity contribution is -0.142. The Bertz CT molecular complexity index is 993. The number of alkyl carbamates (subject to hydrolysis) is 1. The van der Waals surface area contributed by atoms with Crippen LogP contribution in [0.3, 0.4) is 0 Å². The number of carbonyl (C=O) groups is 3. The van der Waals surface area contributed by atoms with E-state index in [1.807, 2.05) is 50.2 Å². The van der Waals surface area contributed by atoms with Gasteiger partial charge in [0.25, 0.3) is 0 Å². The van der Waals surface area contributed by atoms with E-state index in [0.29, 0.717) is 19.4 Å². The van der Waals surface area contributed by atoms with Gasteiger partial charge in [-0.1, -0.05) is 61.9 Å². The van der Waals surface area contributed by atoms with Gasteiger partial charge in [0.05, 0.1) is 5.92 Å². The molecule has 2 aromatic carbocycles. The third kappa shape index (κ3) is 6.82. The summed E-state index contributed by atoms with van der Waals surface area (Å²) < 4.78 is 5.55. The van der Waals surface area contributed by atoms with E-state index in [0.717, 1.165) is 28.7 Å². The molecule has 1 aliphatic rings. The fourth-order valence-electron chi connectivity index (χ4n) is 4.46. The van der Waals surface area contributed by atoms with Crippen molar-refractivity contribution >= 4 is 18.0 Å². The lowest BCUT2D eigenvalue weighted by Crippen LogP contribution is -2.47. The minimum atomic E-state index is -1.07. The van der Waals surface area contributed by atoms with Gasteiger partial charge in [0.15, 0.2) is 0 Å². The summed E-state index contributed by atoms with van der Waals surface area (Å²) in [4.78, 5) is 38.7. The summed E-state index contributed by atoms with van der Waals surface area (Å²) in [5.41, 5.74) is 4.56. The van der Waals surface area contributed by atoms with Crippen molar-refractivity contribution in [1.82, 2.24) is 15.5 Å². The predicted octanol–water partition coefficient (Wildman–Crippen LogP) is 3.46. The third-order valence-corrected chi connectivity index (χ3v) is 6.32. The van der Waals surface area contributed by atoms with Gasteiger partial charge in [-0.25, -0.2) is 9.59 Å². The van der Waals surface area contributed by atoms with E-state index in [2.05, 4.69) is 34.9 Å². The van der Waals surface area contributed by atoms with E-state index >= 15 is 0 Å². The van der Waals surface area contributed by atoms with Crippen molar-refractivity contribution in [3.63, 3.8) is 0 Å². The largest absolute Gasteiger partial charge is 0.480 e. The third-order valence-electron chi connectivity index (χ3n) is 6.32. The lowest BCUT2D eigenvalue weighted by atomic mass is 9.98. The fourth-order valence-corrected chi connectivity index (χ4v) is 4.46. The Labute approximate surface area is 206 Å².